The van der Waals surface area contributed by atoms with Crippen molar-refractivity contribution in [1.82, 2.24) is 10.1 Å². The van der Waals surface area contributed by atoms with Crippen molar-refractivity contribution in [2.75, 3.05) is 5.73 Å². The van der Waals surface area contributed by atoms with Crippen LogP contribution in [0.5, 0.6) is 0 Å². The second-order valence-corrected chi connectivity index (χ2v) is 4.01. The number of halogens is 1. The molecule has 1 aromatic heterocycles. The maximum Gasteiger partial charge on any atom is 0.258 e. The summed E-state index contributed by atoms with van der Waals surface area (Å²) in [6, 6.07) is 4.20. The van der Waals surface area contributed by atoms with E-state index in [1.54, 1.807) is 6.07 Å². The van der Waals surface area contributed by atoms with Crippen LogP contribution in [0.2, 0.25) is 0 Å². The molecule has 1 saturated carbocycles. The van der Waals surface area contributed by atoms with Crippen LogP contribution in [0.25, 0.3) is 11.5 Å². The summed E-state index contributed by atoms with van der Waals surface area (Å²) in [6.45, 7) is 0. The highest BCUT2D eigenvalue weighted by atomic mass is 19.1. The van der Waals surface area contributed by atoms with E-state index in [-0.39, 0.29) is 0 Å². The van der Waals surface area contributed by atoms with Crippen molar-refractivity contribution in [2.45, 2.75) is 18.8 Å². The van der Waals surface area contributed by atoms with Crippen molar-refractivity contribution in [1.29, 1.82) is 0 Å². The van der Waals surface area contributed by atoms with Crippen molar-refractivity contribution in [3.8, 4) is 11.5 Å². The zero-order chi connectivity index (χ0) is 11.1. The number of rotatable bonds is 2. The van der Waals surface area contributed by atoms with Crippen LogP contribution >= 0.6 is 0 Å². The molecule has 0 amide bonds. The predicted octanol–water partition coefficient (Wildman–Crippen LogP) is 2.34. The Morgan fingerprint density at radius 1 is 1.31 bits per heavy atom. The summed E-state index contributed by atoms with van der Waals surface area (Å²) in [4.78, 5) is 4.22. The van der Waals surface area contributed by atoms with Gasteiger partial charge in [0, 0.05) is 17.2 Å². The SMILES string of the molecule is Nc1cc(F)cc(-c2nc(C3CC3)no2)c1. The first-order chi connectivity index (χ1) is 7.72. The molecule has 0 spiro atoms. The lowest BCUT2D eigenvalue weighted by Crippen LogP contribution is -1.89. The first-order valence-corrected chi connectivity index (χ1v) is 5.12. The fraction of sp³-hybridized carbons (Fsp3) is 0.273. The van der Waals surface area contributed by atoms with E-state index < -0.39 is 5.82 Å². The first kappa shape index (κ1) is 9.33. The van der Waals surface area contributed by atoms with Crippen molar-refractivity contribution in [3.05, 3.63) is 29.8 Å². The second-order valence-electron chi connectivity index (χ2n) is 4.01. The van der Waals surface area contributed by atoms with Gasteiger partial charge < -0.3 is 10.3 Å². The molecule has 0 radical (unpaired) electrons. The van der Waals surface area contributed by atoms with Gasteiger partial charge in [0.25, 0.3) is 5.89 Å². The van der Waals surface area contributed by atoms with E-state index in [9.17, 15) is 4.39 Å². The van der Waals surface area contributed by atoms with Gasteiger partial charge in [0.05, 0.1) is 0 Å². The Balaban J connectivity index is 2.00. The zero-order valence-electron chi connectivity index (χ0n) is 8.48. The van der Waals surface area contributed by atoms with E-state index >= 15 is 0 Å². The number of anilines is 1. The zero-order valence-corrected chi connectivity index (χ0v) is 8.48. The highest BCUT2D eigenvalue weighted by Gasteiger charge is 2.29. The molecular formula is C11H10FN3O. The minimum absolute atomic E-state index is 0.327. The average molecular weight is 219 g/mol. The number of benzene rings is 1. The smallest absolute Gasteiger partial charge is 0.258 e. The molecule has 2 aromatic rings. The summed E-state index contributed by atoms with van der Waals surface area (Å²) in [7, 11) is 0. The van der Waals surface area contributed by atoms with Gasteiger partial charge in [-0.1, -0.05) is 5.16 Å². The van der Waals surface area contributed by atoms with E-state index in [1.165, 1.54) is 12.1 Å². The molecule has 1 aromatic carbocycles. The van der Waals surface area contributed by atoms with Gasteiger partial charge in [-0.15, -0.1) is 0 Å². The molecular weight excluding hydrogens is 209 g/mol. The Labute approximate surface area is 91.3 Å². The largest absolute Gasteiger partial charge is 0.399 e. The van der Waals surface area contributed by atoms with E-state index in [2.05, 4.69) is 10.1 Å². The number of hydrogen-bond acceptors (Lipinski definition) is 4. The van der Waals surface area contributed by atoms with Gasteiger partial charge in [0.15, 0.2) is 5.82 Å². The number of aromatic nitrogens is 2. The number of nitrogens with two attached hydrogens (primary N) is 1. The standard InChI is InChI=1S/C11H10FN3O/c12-8-3-7(4-9(13)5-8)11-14-10(15-16-11)6-1-2-6/h3-6H,1-2,13H2. The summed E-state index contributed by atoms with van der Waals surface area (Å²) in [6.07, 6.45) is 2.20. The van der Waals surface area contributed by atoms with Gasteiger partial charge in [-0.25, -0.2) is 4.39 Å². The summed E-state index contributed by atoms with van der Waals surface area (Å²) >= 11 is 0. The fourth-order valence-electron chi connectivity index (χ4n) is 1.60. The van der Waals surface area contributed by atoms with Crippen molar-refractivity contribution < 1.29 is 8.91 Å². The summed E-state index contributed by atoms with van der Waals surface area (Å²) in [5.74, 6) is 1.05. The maximum atomic E-state index is 13.1. The van der Waals surface area contributed by atoms with Crippen LogP contribution < -0.4 is 5.73 Å². The first-order valence-electron chi connectivity index (χ1n) is 5.12. The summed E-state index contributed by atoms with van der Waals surface area (Å²) in [5.41, 5.74) is 6.42. The van der Waals surface area contributed by atoms with Gasteiger partial charge in [-0.3, -0.25) is 0 Å². The number of nitrogen functional groups attached to an aromatic ring is 1. The molecule has 1 aliphatic carbocycles. The minimum atomic E-state index is -0.402. The molecule has 4 nitrogen and oxygen atoms in total. The van der Waals surface area contributed by atoms with Gasteiger partial charge in [0.2, 0.25) is 0 Å². The molecule has 1 aliphatic rings. The molecule has 5 heteroatoms. The van der Waals surface area contributed by atoms with Crippen LogP contribution in [0.3, 0.4) is 0 Å². The van der Waals surface area contributed by atoms with Gasteiger partial charge in [0.1, 0.15) is 5.82 Å². The Morgan fingerprint density at radius 2 is 2.12 bits per heavy atom. The van der Waals surface area contributed by atoms with E-state index in [1.807, 2.05) is 0 Å². The van der Waals surface area contributed by atoms with E-state index in [0.29, 0.717) is 28.9 Å². The summed E-state index contributed by atoms with van der Waals surface area (Å²) in [5, 5.41) is 3.86. The second kappa shape index (κ2) is 3.30. The van der Waals surface area contributed by atoms with Gasteiger partial charge >= 0.3 is 0 Å². The van der Waals surface area contributed by atoms with Crippen LogP contribution in [0, 0.1) is 5.82 Å². The van der Waals surface area contributed by atoms with Crippen molar-refractivity contribution in [2.24, 2.45) is 0 Å². The topological polar surface area (TPSA) is 64.9 Å². The highest BCUT2D eigenvalue weighted by Crippen LogP contribution is 2.38. The fourth-order valence-corrected chi connectivity index (χ4v) is 1.60. The molecule has 16 heavy (non-hydrogen) atoms. The lowest BCUT2D eigenvalue weighted by molar-refractivity contribution is 0.422. The number of hydrogen-bond donors (Lipinski definition) is 1. The molecule has 0 bridgehead atoms. The van der Waals surface area contributed by atoms with E-state index in [4.69, 9.17) is 10.3 Å². The van der Waals surface area contributed by atoms with Crippen molar-refractivity contribution in [3.63, 3.8) is 0 Å². The molecule has 0 saturated heterocycles. The average Bonchev–Trinajstić information content (AvgIpc) is 2.95. The molecule has 0 aliphatic heterocycles. The quantitative estimate of drug-likeness (QED) is 0.787. The van der Waals surface area contributed by atoms with Crippen LogP contribution in [-0.4, -0.2) is 10.1 Å². The third-order valence-electron chi connectivity index (χ3n) is 2.55. The molecule has 1 fully saturated rings. The van der Waals surface area contributed by atoms with Gasteiger partial charge in [-0.05, 0) is 31.0 Å². The monoisotopic (exact) mass is 219 g/mol. The Bertz CT molecular complexity index is 514. The predicted molar refractivity (Wildman–Crippen MR) is 56.1 cm³/mol. The Hall–Kier alpha value is -1.91. The van der Waals surface area contributed by atoms with Crippen molar-refractivity contribution >= 4 is 5.69 Å². The summed E-state index contributed by atoms with van der Waals surface area (Å²) < 4.78 is 18.2. The molecule has 1 heterocycles. The highest BCUT2D eigenvalue weighted by molar-refractivity contribution is 5.59. The maximum absolute atomic E-state index is 13.1. The Kier molecular flexibility index (Phi) is 1.92. The molecule has 3 rings (SSSR count). The Morgan fingerprint density at radius 3 is 2.81 bits per heavy atom. The van der Waals surface area contributed by atoms with Crippen LogP contribution in [0.15, 0.2) is 22.7 Å². The molecule has 0 unspecified atom stereocenters. The normalized spacial score (nSPS) is 15.3. The minimum Gasteiger partial charge on any atom is -0.399 e. The van der Waals surface area contributed by atoms with E-state index in [0.717, 1.165) is 12.8 Å². The lowest BCUT2D eigenvalue weighted by atomic mass is 10.2. The third kappa shape index (κ3) is 1.64. The van der Waals surface area contributed by atoms with Crippen LogP contribution in [0.1, 0.15) is 24.6 Å². The van der Waals surface area contributed by atoms with Crippen LogP contribution in [-0.2, 0) is 0 Å². The number of nitrogens with zero attached hydrogens (tertiary/aromatic N) is 2. The third-order valence-corrected chi connectivity index (χ3v) is 2.55. The molecule has 2 N–H and O–H groups in total. The van der Waals surface area contributed by atoms with Crippen LogP contribution in [0.4, 0.5) is 10.1 Å². The van der Waals surface area contributed by atoms with Gasteiger partial charge in [-0.2, -0.15) is 4.98 Å². The molecule has 82 valence electrons. The lowest BCUT2D eigenvalue weighted by Gasteiger charge is -1.97. The molecule has 0 atom stereocenters.